The van der Waals surface area contributed by atoms with E-state index in [-0.39, 0.29) is 11.7 Å². The number of carbonyl (C=O) groups excluding carboxylic acids is 1. The number of nitrogens with zero attached hydrogens (tertiary/aromatic N) is 3. The Morgan fingerprint density at radius 3 is 2.22 bits per heavy atom. The highest BCUT2D eigenvalue weighted by molar-refractivity contribution is 7.99. The predicted molar refractivity (Wildman–Crippen MR) is 107 cm³/mol. The second-order valence-corrected chi connectivity index (χ2v) is 6.84. The minimum absolute atomic E-state index is 0.299. The molecule has 0 fully saturated rings. The van der Waals surface area contributed by atoms with Crippen molar-refractivity contribution < 1.29 is 9.18 Å². The van der Waals surface area contributed by atoms with Crippen molar-refractivity contribution >= 4 is 41.5 Å². The van der Waals surface area contributed by atoms with Gasteiger partial charge in [0.05, 0.1) is 17.6 Å². The zero-order chi connectivity index (χ0) is 18.6. The van der Waals surface area contributed by atoms with Crippen LogP contribution in [0.4, 0.5) is 15.8 Å². The van der Waals surface area contributed by atoms with E-state index >= 15 is 0 Å². The van der Waals surface area contributed by atoms with Crippen molar-refractivity contribution in [3.8, 4) is 0 Å². The molecule has 6 heteroatoms. The molecule has 1 aliphatic heterocycles. The number of amides is 1. The monoisotopic (exact) mass is 375 g/mol. The fourth-order valence-electron chi connectivity index (χ4n) is 2.77. The van der Waals surface area contributed by atoms with Gasteiger partial charge in [0.15, 0.2) is 0 Å². The molecule has 1 heterocycles. The third-order valence-electron chi connectivity index (χ3n) is 3.94. The molecule has 1 aliphatic rings. The van der Waals surface area contributed by atoms with E-state index in [2.05, 4.69) is 10.2 Å². The van der Waals surface area contributed by atoms with Gasteiger partial charge in [-0.1, -0.05) is 48.2 Å². The van der Waals surface area contributed by atoms with Crippen molar-refractivity contribution in [2.45, 2.75) is 9.79 Å². The van der Waals surface area contributed by atoms with Crippen LogP contribution >= 0.6 is 11.8 Å². The van der Waals surface area contributed by atoms with Crippen LogP contribution in [0.15, 0.2) is 92.8 Å². The van der Waals surface area contributed by atoms with Crippen molar-refractivity contribution in [1.29, 1.82) is 0 Å². The van der Waals surface area contributed by atoms with Crippen molar-refractivity contribution in [2.75, 3.05) is 4.90 Å². The summed E-state index contributed by atoms with van der Waals surface area (Å²) in [5, 5.41) is 7.70. The Morgan fingerprint density at radius 2 is 1.56 bits per heavy atom. The number of hydrogen-bond donors (Lipinski definition) is 0. The molecular formula is C21H14FN3OS. The molecule has 3 aromatic rings. The lowest BCUT2D eigenvalue weighted by Crippen LogP contribution is -2.29. The van der Waals surface area contributed by atoms with E-state index in [1.165, 1.54) is 24.6 Å². The van der Waals surface area contributed by atoms with Crippen molar-refractivity contribution in [1.82, 2.24) is 0 Å². The quantitative estimate of drug-likeness (QED) is 0.474. The maximum atomic E-state index is 13.2. The number of carbonyl (C=O) groups is 1. The SMILES string of the molecule is O=C(/C=N/N=C/c1cccc(F)c1)N1c2ccccc2Sc2ccccc21. The molecule has 0 saturated carbocycles. The zero-order valence-electron chi connectivity index (χ0n) is 14.1. The number of benzene rings is 3. The fourth-order valence-corrected chi connectivity index (χ4v) is 3.83. The highest BCUT2D eigenvalue weighted by Crippen LogP contribution is 2.47. The van der Waals surface area contributed by atoms with Crippen LogP contribution in [0.25, 0.3) is 0 Å². The summed E-state index contributed by atoms with van der Waals surface area (Å²) >= 11 is 1.63. The fraction of sp³-hybridized carbons (Fsp3) is 0. The lowest BCUT2D eigenvalue weighted by atomic mass is 10.2. The standard InChI is InChI=1S/C21H14FN3OS/c22-16-7-5-6-15(12-16)13-23-24-14-21(26)25-17-8-1-3-10-19(17)27-20-11-4-2-9-18(20)25/h1-14H/b23-13+,24-14+. The lowest BCUT2D eigenvalue weighted by Gasteiger charge is -2.29. The molecule has 0 aromatic heterocycles. The Morgan fingerprint density at radius 1 is 0.889 bits per heavy atom. The molecule has 0 atom stereocenters. The number of fused-ring (bicyclic) bond motifs is 2. The molecule has 1 amide bonds. The second kappa shape index (κ2) is 7.55. The first-order valence-electron chi connectivity index (χ1n) is 8.24. The van der Waals surface area contributed by atoms with Gasteiger partial charge in [0, 0.05) is 9.79 Å². The summed E-state index contributed by atoms with van der Waals surface area (Å²) in [7, 11) is 0. The Labute approximate surface area is 160 Å². The average molecular weight is 375 g/mol. The van der Waals surface area contributed by atoms with Crippen LogP contribution in [0.3, 0.4) is 0 Å². The van der Waals surface area contributed by atoms with Gasteiger partial charge in [0.2, 0.25) is 0 Å². The van der Waals surface area contributed by atoms with Crippen molar-refractivity contribution in [3.05, 3.63) is 84.2 Å². The van der Waals surface area contributed by atoms with Crippen LogP contribution in [0.1, 0.15) is 5.56 Å². The molecule has 0 saturated heterocycles. The van der Waals surface area contributed by atoms with Crippen molar-refractivity contribution in [3.63, 3.8) is 0 Å². The summed E-state index contributed by atoms with van der Waals surface area (Å²) in [6, 6.07) is 21.4. The van der Waals surface area contributed by atoms with Gasteiger partial charge in [-0.2, -0.15) is 10.2 Å². The Kier molecular flexibility index (Phi) is 4.80. The zero-order valence-corrected chi connectivity index (χ0v) is 14.9. The Hall–Kier alpha value is -3.25. The number of halogens is 1. The summed E-state index contributed by atoms with van der Waals surface area (Å²) in [5.74, 6) is -0.648. The molecule has 3 aromatic carbocycles. The van der Waals surface area contributed by atoms with Crippen LogP contribution in [0.5, 0.6) is 0 Å². The first kappa shape index (κ1) is 17.2. The van der Waals surface area contributed by atoms with Gasteiger partial charge in [-0.25, -0.2) is 4.39 Å². The van der Waals surface area contributed by atoms with Gasteiger partial charge in [-0.05, 0) is 42.0 Å². The highest BCUT2D eigenvalue weighted by atomic mass is 32.2. The molecular weight excluding hydrogens is 361 g/mol. The maximum absolute atomic E-state index is 13.2. The van der Waals surface area contributed by atoms with E-state index in [0.717, 1.165) is 21.2 Å². The summed E-state index contributed by atoms with van der Waals surface area (Å²) in [6.45, 7) is 0. The third kappa shape index (κ3) is 3.66. The predicted octanol–water partition coefficient (Wildman–Crippen LogP) is 5.06. The van der Waals surface area contributed by atoms with Gasteiger partial charge in [0.1, 0.15) is 12.0 Å². The minimum atomic E-state index is -0.349. The summed E-state index contributed by atoms with van der Waals surface area (Å²) in [5.41, 5.74) is 2.20. The highest BCUT2D eigenvalue weighted by Gasteiger charge is 2.26. The van der Waals surface area contributed by atoms with E-state index in [9.17, 15) is 9.18 Å². The minimum Gasteiger partial charge on any atom is -0.274 e. The van der Waals surface area contributed by atoms with Gasteiger partial charge in [-0.15, -0.1) is 0 Å². The molecule has 132 valence electrons. The van der Waals surface area contributed by atoms with E-state index in [4.69, 9.17) is 0 Å². The first-order chi connectivity index (χ1) is 13.2. The van der Waals surface area contributed by atoms with Crippen LogP contribution < -0.4 is 4.90 Å². The van der Waals surface area contributed by atoms with E-state index in [0.29, 0.717) is 5.56 Å². The first-order valence-corrected chi connectivity index (χ1v) is 9.06. The Bertz CT molecular complexity index is 1020. The molecule has 0 spiro atoms. The van der Waals surface area contributed by atoms with Gasteiger partial charge in [-0.3, -0.25) is 9.69 Å². The number of anilines is 2. The average Bonchev–Trinajstić information content (AvgIpc) is 2.69. The molecule has 27 heavy (non-hydrogen) atoms. The molecule has 0 unspecified atom stereocenters. The van der Waals surface area contributed by atoms with Gasteiger partial charge >= 0.3 is 0 Å². The van der Waals surface area contributed by atoms with E-state index < -0.39 is 0 Å². The largest absolute Gasteiger partial charge is 0.275 e. The van der Waals surface area contributed by atoms with Crippen molar-refractivity contribution in [2.24, 2.45) is 10.2 Å². The van der Waals surface area contributed by atoms with Gasteiger partial charge in [0.25, 0.3) is 5.91 Å². The van der Waals surface area contributed by atoms with Crippen LogP contribution in [0.2, 0.25) is 0 Å². The molecule has 0 aliphatic carbocycles. The molecule has 4 rings (SSSR count). The van der Waals surface area contributed by atoms with E-state index in [1.807, 2.05) is 48.5 Å². The third-order valence-corrected chi connectivity index (χ3v) is 5.07. The molecule has 4 nitrogen and oxygen atoms in total. The summed E-state index contributed by atoms with van der Waals surface area (Å²) in [6.07, 6.45) is 2.57. The smallest absolute Gasteiger partial charge is 0.274 e. The summed E-state index contributed by atoms with van der Waals surface area (Å²) < 4.78 is 13.2. The van der Waals surface area contributed by atoms with E-state index in [1.54, 1.807) is 28.8 Å². The number of rotatable bonds is 3. The van der Waals surface area contributed by atoms with Crippen LogP contribution in [0, 0.1) is 5.82 Å². The second-order valence-electron chi connectivity index (χ2n) is 5.76. The van der Waals surface area contributed by atoms with Crippen LogP contribution in [-0.4, -0.2) is 18.3 Å². The number of para-hydroxylation sites is 2. The maximum Gasteiger partial charge on any atom is 0.275 e. The lowest BCUT2D eigenvalue weighted by molar-refractivity contribution is -0.111. The molecule has 0 bridgehead atoms. The van der Waals surface area contributed by atoms with Gasteiger partial charge < -0.3 is 0 Å². The Balaban J connectivity index is 1.60. The number of hydrogen-bond acceptors (Lipinski definition) is 4. The molecule has 0 N–H and O–H groups in total. The molecule has 0 radical (unpaired) electrons. The normalized spacial score (nSPS) is 13.0. The van der Waals surface area contributed by atoms with Crippen LogP contribution in [-0.2, 0) is 4.79 Å². The topological polar surface area (TPSA) is 45.0 Å². The summed E-state index contributed by atoms with van der Waals surface area (Å²) in [4.78, 5) is 16.5.